The van der Waals surface area contributed by atoms with Crippen LogP contribution >= 0.6 is 0 Å². The van der Waals surface area contributed by atoms with Crippen molar-refractivity contribution in [2.24, 2.45) is 0 Å². The van der Waals surface area contributed by atoms with Gasteiger partial charge in [0.05, 0.1) is 17.3 Å². The summed E-state index contributed by atoms with van der Waals surface area (Å²) in [7, 11) is 0. The zero-order chi connectivity index (χ0) is 24.1. The number of benzene rings is 3. The van der Waals surface area contributed by atoms with Crippen molar-refractivity contribution in [3.05, 3.63) is 101 Å². The van der Waals surface area contributed by atoms with Crippen molar-refractivity contribution in [3.8, 4) is 28.3 Å². The van der Waals surface area contributed by atoms with Crippen LogP contribution in [0.15, 0.2) is 72.8 Å². The molecule has 0 saturated carbocycles. The molecular formula is C29H27N3O2. The number of rotatable bonds is 8. The van der Waals surface area contributed by atoms with Gasteiger partial charge in [0, 0.05) is 18.5 Å². The quantitative estimate of drug-likeness (QED) is 0.340. The normalized spacial score (nSPS) is 10.7. The van der Waals surface area contributed by atoms with Gasteiger partial charge in [0.15, 0.2) is 5.69 Å². The second-order valence-corrected chi connectivity index (χ2v) is 8.25. The first kappa shape index (κ1) is 23.0. The molecule has 0 aliphatic carbocycles. The number of carboxylic acids is 1. The van der Waals surface area contributed by atoms with E-state index in [4.69, 9.17) is 0 Å². The number of aryl methyl sites for hydroxylation is 2. The van der Waals surface area contributed by atoms with Gasteiger partial charge in [-0.25, -0.2) is 9.78 Å². The summed E-state index contributed by atoms with van der Waals surface area (Å²) >= 11 is 0. The number of hydrogen-bond donors (Lipinski definition) is 1. The van der Waals surface area contributed by atoms with Crippen LogP contribution in [0.4, 0.5) is 0 Å². The molecule has 1 aromatic heterocycles. The molecule has 0 aliphatic heterocycles. The van der Waals surface area contributed by atoms with Gasteiger partial charge in [-0.15, -0.1) is 0 Å². The van der Waals surface area contributed by atoms with Gasteiger partial charge in [0.2, 0.25) is 0 Å². The minimum Gasteiger partial charge on any atom is -0.477 e. The zero-order valence-corrected chi connectivity index (χ0v) is 19.5. The maximum absolute atomic E-state index is 12.0. The Labute approximate surface area is 200 Å². The smallest absolute Gasteiger partial charge is 0.354 e. The lowest BCUT2D eigenvalue weighted by atomic mass is 9.94. The highest BCUT2D eigenvalue weighted by Crippen LogP contribution is 2.30. The molecule has 1 heterocycles. The van der Waals surface area contributed by atoms with E-state index >= 15 is 0 Å². The van der Waals surface area contributed by atoms with Gasteiger partial charge < -0.3 is 9.67 Å². The molecule has 0 saturated heterocycles. The summed E-state index contributed by atoms with van der Waals surface area (Å²) < 4.78 is 1.83. The molecule has 5 nitrogen and oxygen atoms in total. The van der Waals surface area contributed by atoms with E-state index in [2.05, 4.69) is 30.1 Å². The number of aromatic nitrogens is 2. The molecule has 5 heteroatoms. The predicted molar refractivity (Wildman–Crippen MR) is 134 cm³/mol. The van der Waals surface area contributed by atoms with Gasteiger partial charge in [0.1, 0.15) is 5.82 Å². The second-order valence-electron chi connectivity index (χ2n) is 8.25. The van der Waals surface area contributed by atoms with E-state index in [0.29, 0.717) is 24.2 Å². The van der Waals surface area contributed by atoms with Crippen molar-refractivity contribution in [2.75, 3.05) is 0 Å². The summed E-state index contributed by atoms with van der Waals surface area (Å²) in [5.41, 5.74) is 6.49. The lowest BCUT2D eigenvalue weighted by Gasteiger charge is -2.12. The molecule has 0 amide bonds. The molecule has 4 rings (SSSR count). The van der Waals surface area contributed by atoms with Crippen LogP contribution < -0.4 is 0 Å². The third kappa shape index (κ3) is 4.62. The Bertz CT molecular complexity index is 1350. The second kappa shape index (κ2) is 10.2. The van der Waals surface area contributed by atoms with Gasteiger partial charge in [0.25, 0.3) is 0 Å². The lowest BCUT2D eigenvalue weighted by Crippen LogP contribution is -2.13. The average Bonchev–Trinajstić information content (AvgIpc) is 3.22. The van der Waals surface area contributed by atoms with E-state index < -0.39 is 5.97 Å². The number of carbonyl (C=O) groups is 1. The fourth-order valence-corrected chi connectivity index (χ4v) is 4.29. The van der Waals surface area contributed by atoms with Gasteiger partial charge in [-0.2, -0.15) is 5.26 Å². The molecule has 3 aromatic carbocycles. The molecule has 0 bridgehead atoms. The van der Waals surface area contributed by atoms with Crippen molar-refractivity contribution in [1.82, 2.24) is 9.55 Å². The van der Waals surface area contributed by atoms with Crippen LogP contribution in [0, 0.1) is 11.3 Å². The molecule has 0 aliphatic rings. The third-order valence-corrected chi connectivity index (χ3v) is 5.98. The number of hydrogen-bond acceptors (Lipinski definition) is 3. The molecule has 170 valence electrons. The highest BCUT2D eigenvalue weighted by molar-refractivity contribution is 5.87. The summed E-state index contributed by atoms with van der Waals surface area (Å²) in [6, 6.07) is 26.3. The molecule has 34 heavy (non-hydrogen) atoms. The van der Waals surface area contributed by atoms with E-state index in [1.165, 1.54) is 0 Å². The molecular weight excluding hydrogens is 422 g/mol. The minimum absolute atomic E-state index is 0.275. The van der Waals surface area contributed by atoms with Crippen LogP contribution in [0.2, 0.25) is 0 Å². The molecule has 1 N–H and O–H groups in total. The Morgan fingerprint density at radius 1 is 0.971 bits per heavy atom. The Morgan fingerprint density at radius 2 is 1.68 bits per heavy atom. The number of carboxylic acid groups (broad SMARTS) is 1. The zero-order valence-electron chi connectivity index (χ0n) is 19.5. The fourth-order valence-electron chi connectivity index (χ4n) is 4.29. The van der Waals surface area contributed by atoms with E-state index in [1.807, 2.05) is 72.2 Å². The summed E-state index contributed by atoms with van der Waals surface area (Å²) in [6.45, 7) is 4.44. The Hall–Kier alpha value is -4.17. The SMILES string of the molecule is CCCc1nc(CC)c(C(=O)O)n1Cc1ccc(-c2cc(-c3ccccc3)ccc2C#N)cc1. The van der Waals surface area contributed by atoms with Crippen molar-refractivity contribution < 1.29 is 9.90 Å². The minimum atomic E-state index is -0.945. The standard InChI is InChI=1S/C29H27N3O2/c1-3-8-27-31-26(4-2)28(29(33)34)32(27)19-20-11-13-22(14-12-20)25-17-23(15-16-24(25)18-30)21-9-6-5-7-10-21/h5-7,9-17H,3-4,8,19H2,1-2H3,(H,33,34). The van der Waals surface area contributed by atoms with Gasteiger partial charge in [-0.3, -0.25) is 0 Å². The van der Waals surface area contributed by atoms with Crippen LogP contribution in [0.5, 0.6) is 0 Å². The van der Waals surface area contributed by atoms with Crippen molar-refractivity contribution in [1.29, 1.82) is 5.26 Å². The molecule has 0 atom stereocenters. The Morgan fingerprint density at radius 3 is 2.29 bits per heavy atom. The van der Waals surface area contributed by atoms with Crippen LogP contribution in [-0.4, -0.2) is 20.6 Å². The van der Waals surface area contributed by atoms with Crippen molar-refractivity contribution in [2.45, 2.75) is 39.7 Å². The predicted octanol–water partition coefficient (Wildman–Crippen LogP) is 6.35. The van der Waals surface area contributed by atoms with Crippen molar-refractivity contribution in [3.63, 3.8) is 0 Å². The summed E-state index contributed by atoms with van der Waals surface area (Å²) in [5.74, 6) is -0.136. The summed E-state index contributed by atoms with van der Waals surface area (Å²) in [5, 5.41) is 19.5. The van der Waals surface area contributed by atoms with E-state index in [-0.39, 0.29) is 5.69 Å². The third-order valence-electron chi connectivity index (χ3n) is 5.98. The molecule has 0 spiro atoms. The van der Waals surface area contributed by atoms with Crippen LogP contribution in [0.3, 0.4) is 0 Å². The molecule has 4 aromatic rings. The summed E-state index contributed by atoms with van der Waals surface area (Å²) in [6.07, 6.45) is 2.21. The molecule has 0 unspecified atom stereocenters. The van der Waals surface area contributed by atoms with Gasteiger partial charge in [-0.05, 0) is 47.2 Å². The monoisotopic (exact) mass is 449 g/mol. The number of aromatic carboxylic acids is 1. The topological polar surface area (TPSA) is 78.9 Å². The highest BCUT2D eigenvalue weighted by Gasteiger charge is 2.21. The van der Waals surface area contributed by atoms with E-state index in [9.17, 15) is 15.2 Å². The Kier molecular flexibility index (Phi) is 6.89. The molecule has 0 radical (unpaired) electrons. The first-order valence-corrected chi connectivity index (χ1v) is 11.6. The Balaban J connectivity index is 1.69. The van der Waals surface area contributed by atoms with Gasteiger partial charge >= 0.3 is 5.97 Å². The van der Waals surface area contributed by atoms with E-state index in [1.54, 1.807) is 0 Å². The van der Waals surface area contributed by atoms with Gasteiger partial charge in [-0.1, -0.05) is 74.5 Å². The molecule has 0 fully saturated rings. The van der Waals surface area contributed by atoms with Crippen LogP contribution in [-0.2, 0) is 19.4 Å². The number of nitrogens with zero attached hydrogens (tertiary/aromatic N) is 3. The number of imidazole rings is 1. The number of nitriles is 1. The van der Waals surface area contributed by atoms with Crippen LogP contribution in [0.25, 0.3) is 22.3 Å². The maximum atomic E-state index is 12.0. The first-order chi connectivity index (χ1) is 16.5. The first-order valence-electron chi connectivity index (χ1n) is 11.6. The maximum Gasteiger partial charge on any atom is 0.354 e. The summed E-state index contributed by atoms with van der Waals surface area (Å²) in [4.78, 5) is 16.6. The highest BCUT2D eigenvalue weighted by atomic mass is 16.4. The fraction of sp³-hybridized carbons (Fsp3) is 0.207. The largest absolute Gasteiger partial charge is 0.477 e. The lowest BCUT2D eigenvalue weighted by molar-refractivity contribution is 0.0684. The van der Waals surface area contributed by atoms with Crippen LogP contribution in [0.1, 0.15) is 53.4 Å². The van der Waals surface area contributed by atoms with E-state index in [0.717, 1.165) is 46.5 Å². The average molecular weight is 450 g/mol. The van der Waals surface area contributed by atoms with Crippen molar-refractivity contribution >= 4 is 5.97 Å².